The van der Waals surface area contributed by atoms with Crippen LogP contribution < -0.4 is 20.1 Å². The Labute approximate surface area is 182 Å². The van der Waals surface area contributed by atoms with Gasteiger partial charge in [0.2, 0.25) is 5.89 Å². The van der Waals surface area contributed by atoms with Crippen LogP contribution in [-0.4, -0.2) is 42.1 Å². The minimum atomic E-state index is -1.93. The molecule has 0 bridgehead atoms. The molecule has 0 radical (unpaired) electrons. The predicted molar refractivity (Wildman–Crippen MR) is 110 cm³/mol. The summed E-state index contributed by atoms with van der Waals surface area (Å²) in [7, 11) is 1.43. The molecular weight excluding hydrogens is 418 g/mol. The second kappa shape index (κ2) is 8.90. The number of ether oxygens (including phenoxy) is 3. The highest BCUT2D eigenvalue weighted by Crippen LogP contribution is 2.29. The molecule has 0 unspecified atom stereocenters. The molecule has 10 nitrogen and oxygen atoms in total. The fraction of sp³-hybridized carbons (Fsp3) is 0.182. The number of rotatable bonds is 8. The van der Waals surface area contributed by atoms with Crippen LogP contribution in [0.15, 0.2) is 65.4 Å². The van der Waals surface area contributed by atoms with Gasteiger partial charge in [0.1, 0.15) is 23.5 Å². The van der Waals surface area contributed by atoms with E-state index in [9.17, 15) is 14.4 Å². The lowest BCUT2D eigenvalue weighted by atomic mass is 9.95. The number of benzene rings is 2. The first-order chi connectivity index (χ1) is 15.5. The Bertz CT molecular complexity index is 1090. The van der Waals surface area contributed by atoms with E-state index in [0.29, 0.717) is 17.4 Å². The number of barbiturate groups is 1. The number of amides is 4. The lowest BCUT2D eigenvalue weighted by Gasteiger charge is -2.34. The molecule has 164 valence electrons. The van der Waals surface area contributed by atoms with E-state index in [0.717, 1.165) is 5.56 Å². The van der Waals surface area contributed by atoms with Crippen LogP contribution in [0, 0.1) is 0 Å². The van der Waals surface area contributed by atoms with Gasteiger partial charge in [-0.3, -0.25) is 20.2 Å². The topological polar surface area (TPSA) is 129 Å². The molecule has 3 aromatic rings. The largest absolute Gasteiger partial charge is 0.467 e. The molecule has 0 atom stereocenters. The number of imide groups is 2. The number of hydrogen-bond acceptors (Lipinski definition) is 8. The summed E-state index contributed by atoms with van der Waals surface area (Å²) in [5.41, 5.74) is -1.11. The number of methoxy groups -OCH3 is 1. The van der Waals surface area contributed by atoms with Crippen LogP contribution in [0.4, 0.5) is 4.79 Å². The molecule has 1 saturated heterocycles. The first kappa shape index (κ1) is 21.1. The molecule has 2 heterocycles. The van der Waals surface area contributed by atoms with Gasteiger partial charge < -0.3 is 18.6 Å². The smallest absolute Gasteiger partial charge is 0.328 e. The van der Waals surface area contributed by atoms with E-state index >= 15 is 0 Å². The van der Waals surface area contributed by atoms with Crippen LogP contribution in [0.2, 0.25) is 0 Å². The Kier molecular flexibility index (Phi) is 5.86. The number of carbonyl (C=O) groups excluding carboxylic acids is 3. The molecule has 2 N–H and O–H groups in total. The number of hydrogen-bond donors (Lipinski definition) is 2. The van der Waals surface area contributed by atoms with E-state index in [2.05, 4.69) is 15.6 Å². The van der Waals surface area contributed by atoms with Gasteiger partial charge in [-0.1, -0.05) is 0 Å². The Morgan fingerprint density at radius 1 is 0.906 bits per heavy atom. The SMILES string of the molecule is COCCC1(Oc2ccc(Oc3ccc(-c4ncco4)cc3)cc2)C(=O)NC(=O)NC1=O. The summed E-state index contributed by atoms with van der Waals surface area (Å²) >= 11 is 0. The molecular formula is C22H19N3O7. The summed E-state index contributed by atoms with van der Waals surface area (Å²) < 4.78 is 21.8. The van der Waals surface area contributed by atoms with Gasteiger partial charge in [0.05, 0.1) is 12.8 Å². The van der Waals surface area contributed by atoms with E-state index in [4.69, 9.17) is 18.6 Å². The summed E-state index contributed by atoms with van der Waals surface area (Å²) in [5.74, 6) is 0.157. The van der Waals surface area contributed by atoms with Gasteiger partial charge in [-0.15, -0.1) is 0 Å². The third-order valence-electron chi connectivity index (χ3n) is 4.73. The maximum Gasteiger partial charge on any atom is 0.328 e. The van der Waals surface area contributed by atoms with Crippen molar-refractivity contribution in [2.75, 3.05) is 13.7 Å². The van der Waals surface area contributed by atoms with Gasteiger partial charge in [-0.2, -0.15) is 0 Å². The van der Waals surface area contributed by atoms with Crippen molar-refractivity contribution in [2.45, 2.75) is 12.0 Å². The maximum atomic E-state index is 12.5. The van der Waals surface area contributed by atoms with Gasteiger partial charge in [-0.25, -0.2) is 9.78 Å². The minimum absolute atomic E-state index is 0.0692. The highest BCUT2D eigenvalue weighted by Gasteiger charge is 2.52. The van der Waals surface area contributed by atoms with Crippen LogP contribution >= 0.6 is 0 Å². The Balaban J connectivity index is 1.47. The highest BCUT2D eigenvalue weighted by atomic mass is 16.5. The van der Waals surface area contributed by atoms with Crippen LogP contribution in [-0.2, 0) is 14.3 Å². The Morgan fingerprint density at radius 2 is 1.50 bits per heavy atom. The molecule has 0 saturated carbocycles. The maximum absolute atomic E-state index is 12.5. The zero-order valence-electron chi connectivity index (χ0n) is 17.0. The summed E-state index contributed by atoms with van der Waals surface area (Å²) in [4.78, 5) is 40.4. The minimum Gasteiger partial charge on any atom is -0.467 e. The molecule has 1 aromatic heterocycles. The quantitative estimate of drug-likeness (QED) is 0.515. The van der Waals surface area contributed by atoms with Gasteiger partial charge in [0.25, 0.3) is 17.4 Å². The predicted octanol–water partition coefficient (Wildman–Crippen LogP) is 2.65. The monoisotopic (exact) mass is 437 g/mol. The van der Waals surface area contributed by atoms with Crippen LogP contribution in [0.25, 0.3) is 11.5 Å². The Hall–Kier alpha value is -4.18. The second-order valence-corrected chi connectivity index (χ2v) is 6.84. The molecule has 1 aliphatic rings. The number of carbonyl (C=O) groups is 3. The van der Waals surface area contributed by atoms with Gasteiger partial charge >= 0.3 is 6.03 Å². The van der Waals surface area contributed by atoms with Gasteiger partial charge in [0, 0.05) is 19.1 Å². The van der Waals surface area contributed by atoms with E-state index in [-0.39, 0.29) is 18.8 Å². The van der Waals surface area contributed by atoms with E-state index in [1.165, 1.54) is 13.4 Å². The van der Waals surface area contributed by atoms with Gasteiger partial charge in [-0.05, 0) is 48.5 Å². The molecule has 2 aromatic carbocycles. The van der Waals surface area contributed by atoms with Crippen molar-refractivity contribution >= 4 is 17.8 Å². The lowest BCUT2D eigenvalue weighted by Crippen LogP contribution is -2.69. The molecule has 0 aliphatic carbocycles. The van der Waals surface area contributed by atoms with Crippen molar-refractivity contribution in [1.29, 1.82) is 0 Å². The second-order valence-electron chi connectivity index (χ2n) is 6.84. The first-order valence-electron chi connectivity index (χ1n) is 9.63. The zero-order valence-corrected chi connectivity index (χ0v) is 17.0. The molecule has 32 heavy (non-hydrogen) atoms. The van der Waals surface area contributed by atoms with Crippen molar-refractivity contribution < 1.29 is 33.0 Å². The standard InChI is InChI=1S/C22H19N3O7/c1-29-12-10-22(19(26)24-21(28)25-20(22)27)32-17-8-6-16(7-9-17)31-15-4-2-14(3-5-15)18-23-11-13-30-18/h2-9,11,13H,10,12H2,1H3,(H2,24,25,26,27,28). The molecule has 0 spiro atoms. The summed E-state index contributed by atoms with van der Waals surface area (Å²) in [5, 5.41) is 4.12. The average Bonchev–Trinajstić information content (AvgIpc) is 3.32. The zero-order chi connectivity index (χ0) is 22.6. The van der Waals surface area contributed by atoms with Crippen LogP contribution in [0.5, 0.6) is 17.2 Å². The number of nitrogens with one attached hydrogen (secondary N) is 2. The fourth-order valence-corrected chi connectivity index (χ4v) is 3.10. The number of urea groups is 1. The first-order valence-corrected chi connectivity index (χ1v) is 9.63. The molecule has 1 aliphatic heterocycles. The van der Waals surface area contributed by atoms with Crippen molar-refractivity contribution in [3.05, 3.63) is 61.0 Å². The number of nitrogens with zero attached hydrogens (tertiary/aromatic N) is 1. The molecule has 4 rings (SSSR count). The van der Waals surface area contributed by atoms with Crippen molar-refractivity contribution in [1.82, 2.24) is 15.6 Å². The van der Waals surface area contributed by atoms with Gasteiger partial charge in [0.15, 0.2) is 0 Å². The molecule has 4 amide bonds. The van der Waals surface area contributed by atoms with E-state index in [1.54, 1.807) is 42.6 Å². The summed E-state index contributed by atoms with van der Waals surface area (Å²) in [6.45, 7) is 0.0692. The summed E-state index contributed by atoms with van der Waals surface area (Å²) in [6, 6.07) is 12.7. The van der Waals surface area contributed by atoms with Crippen molar-refractivity contribution in [3.8, 4) is 28.7 Å². The van der Waals surface area contributed by atoms with Crippen LogP contribution in [0.3, 0.4) is 0 Å². The van der Waals surface area contributed by atoms with Crippen LogP contribution in [0.1, 0.15) is 6.42 Å². The fourth-order valence-electron chi connectivity index (χ4n) is 3.10. The lowest BCUT2D eigenvalue weighted by molar-refractivity contribution is -0.153. The summed E-state index contributed by atoms with van der Waals surface area (Å²) in [6.07, 6.45) is 2.99. The van der Waals surface area contributed by atoms with Crippen molar-refractivity contribution in [3.63, 3.8) is 0 Å². The number of aromatic nitrogens is 1. The van der Waals surface area contributed by atoms with E-state index in [1.807, 2.05) is 12.1 Å². The molecule has 1 fully saturated rings. The average molecular weight is 437 g/mol. The third kappa shape index (κ3) is 4.30. The molecule has 10 heteroatoms. The number of oxazole rings is 1. The highest BCUT2D eigenvalue weighted by molar-refractivity contribution is 6.21. The van der Waals surface area contributed by atoms with Crippen molar-refractivity contribution in [2.24, 2.45) is 0 Å². The van der Waals surface area contributed by atoms with E-state index < -0.39 is 23.4 Å². The third-order valence-corrected chi connectivity index (χ3v) is 4.73. The Morgan fingerprint density at radius 3 is 2.06 bits per heavy atom. The normalized spacial score (nSPS) is 15.1.